The average molecular weight is 256 g/mol. The molecule has 4 N–H and O–H groups in total. The van der Waals surface area contributed by atoms with Crippen molar-refractivity contribution < 1.29 is 4.79 Å². The standard InChI is InChI=1S/C12H18ClN3O/c1-8(2)16-12(17)5-6-15-11-7-9(13)3-4-10(11)14/h3-4,7-8,15H,5-6,14H2,1-2H3,(H,16,17). The number of hydrogen-bond donors (Lipinski definition) is 3. The molecular formula is C12H18ClN3O. The minimum Gasteiger partial charge on any atom is -0.397 e. The highest BCUT2D eigenvalue weighted by Crippen LogP contribution is 2.22. The van der Waals surface area contributed by atoms with Gasteiger partial charge in [-0.25, -0.2) is 0 Å². The van der Waals surface area contributed by atoms with E-state index in [1.54, 1.807) is 18.2 Å². The van der Waals surface area contributed by atoms with Gasteiger partial charge in [-0.05, 0) is 32.0 Å². The molecule has 0 bridgehead atoms. The van der Waals surface area contributed by atoms with Gasteiger partial charge in [-0.1, -0.05) is 11.6 Å². The van der Waals surface area contributed by atoms with Crippen LogP contribution in [-0.2, 0) is 4.79 Å². The predicted octanol–water partition coefficient (Wildman–Crippen LogP) is 2.25. The minimum absolute atomic E-state index is 0.0214. The topological polar surface area (TPSA) is 67.2 Å². The van der Waals surface area contributed by atoms with Crippen LogP contribution in [0.25, 0.3) is 0 Å². The fourth-order valence-electron chi connectivity index (χ4n) is 1.39. The van der Waals surface area contributed by atoms with Crippen molar-refractivity contribution in [2.24, 2.45) is 0 Å². The number of amides is 1. The second-order valence-corrected chi connectivity index (χ2v) is 4.57. The van der Waals surface area contributed by atoms with E-state index in [1.165, 1.54) is 0 Å². The van der Waals surface area contributed by atoms with E-state index in [0.29, 0.717) is 23.7 Å². The third-order valence-electron chi connectivity index (χ3n) is 2.13. The fraction of sp³-hybridized carbons (Fsp3) is 0.417. The second kappa shape index (κ2) is 6.35. The fourth-order valence-corrected chi connectivity index (χ4v) is 1.56. The summed E-state index contributed by atoms with van der Waals surface area (Å²) >= 11 is 5.85. The van der Waals surface area contributed by atoms with Gasteiger partial charge in [0.2, 0.25) is 5.91 Å². The summed E-state index contributed by atoms with van der Waals surface area (Å²) in [5.41, 5.74) is 7.15. The SMILES string of the molecule is CC(C)NC(=O)CCNc1cc(Cl)ccc1N. The van der Waals surface area contributed by atoms with Gasteiger partial charge < -0.3 is 16.4 Å². The van der Waals surface area contributed by atoms with Crippen LogP contribution in [-0.4, -0.2) is 18.5 Å². The van der Waals surface area contributed by atoms with Crippen molar-refractivity contribution in [1.29, 1.82) is 0 Å². The maximum atomic E-state index is 11.4. The molecule has 0 atom stereocenters. The van der Waals surface area contributed by atoms with Crippen molar-refractivity contribution in [2.75, 3.05) is 17.6 Å². The molecule has 1 aromatic rings. The van der Waals surface area contributed by atoms with Crippen LogP contribution < -0.4 is 16.4 Å². The smallest absolute Gasteiger partial charge is 0.221 e. The van der Waals surface area contributed by atoms with Gasteiger partial charge in [-0.15, -0.1) is 0 Å². The van der Waals surface area contributed by atoms with Crippen LogP contribution in [0.4, 0.5) is 11.4 Å². The quantitative estimate of drug-likeness (QED) is 0.707. The molecule has 0 aliphatic carbocycles. The van der Waals surface area contributed by atoms with Crippen LogP contribution >= 0.6 is 11.6 Å². The summed E-state index contributed by atoms with van der Waals surface area (Å²) in [5, 5.41) is 6.53. The number of anilines is 2. The molecule has 1 rings (SSSR count). The first-order chi connectivity index (χ1) is 7.99. The third-order valence-corrected chi connectivity index (χ3v) is 2.37. The van der Waals surface area contributed by atoms with E-state index < -0.39 is 0 Å². The molecule has 1 amide bonds. The molecule has 0 aliphatic heterocycles. The molecule has 1 aromatic carbocycles. The maximum Gasteiger partial charge on any atom is 0.221 e. The van der Waals surface area contributed by atoms with Crippen molar-refractivity contribution in [3.05, 3.63) is 23.2 Å². The first-order valence-electron chi connectivity index (χ1n) is 5.57. The molecule has 94 valence electrons. The summed E-state index contributed by atoms with van der Waals surface area (Å²) in [6.45, 7) is 4.39. The normalized spacial score (nSPS) is 10.4. The molecule has 4 nitrogen and oxygen atoms in total. The lowest BCUT2D eigenvalue weighted by atomic mass is 10.2. The van der Waals surface area contributed by atoms with Gasteiger partial charge >= 0.3 is 0 Å². The Hall–Kier alpha value is -1.42. The van der Waals surface area contributed by atoms with Crippen LogP contribution in [0.1, 0.15) is 20.3 Å². The van der Waals surface area contributed by atoms with Gasteiger partial charge in [0.25, 0.3) is 0 Å². The van der Waals surface area contributed by atoms with Crippen molar-refractivity contribution in [2.45, 2.75) is 26.3 Å². The molecular weight excluding hydrogens is 238 g/mol. The molecule has 0 fully saturated rings. The Kier molecular flexibility index (Phi) is 5.10. The van der Waals surface area contributed by atoms with E-state index in [2.05, 4.69) is 10.6 Å². The van der Waals surface area contributed by atoms with Crippen LogP contribution in [0.3, 0.4) is 0 Å². The number of nitrogens with two attached hydrogens (primary N) is 1. The van der Waals surface area contributed by atoms with Gasteiger partial charge in [0.1, 0.15) is 0 Å². The lowest BCUT2D eigenvalue weighted by Gasteiger charge is -2.11. The predicted molar refractivity (Wildman–Crippen MR) is 72.2 cm³/mol. The Morgan fingerprint density at radius 3 is 2.82 bits per heavy atom. The van der Waals surface area contributed by atoms with Crippen LogP contribution in [0.2, 0.25) is 5.02 Å². The summed E-state index contributed by atoms with van der Waals surface area (Å²) in [7, 11) is 0. The number of nitrogens with one attached hydrogen (secondary N) is 2. The Morgan fingerprint density at radius 1 is 1.47 bits per heavy atom. The summed E-state index contributed by atoms with van der Waals surface area (Å²) in [4.78, 5) is 11.4. The number of nitrogen functional groups attached to an aromatic ring is 1. The molecule has 0 unspecified atom stereocenters. The zero-order valence-corrected chi connectivity index (χ0v) is 10.8. The highest BCUT2D eigenvalue weighted by molar-refractivity contribution is 6.31. The highest BCUT2D eigenvalue weighted by Gasteiger charge is 2.04. The van der Waals surface area contributed by atoms with E-state index in [4.69, 9.17) is 17.3 Å². The first kappa shape index (κ1) is 13.6. The maximum absolute atomic E-state index is 11.4. The summed E-state index contributed by atoms with van der Waals surface area (Å²) in [6.07, 6.45) is 0.407. The van der Waals surface area contributed by atoms with Crippen LogP contribution in [0.15, 0.2) is 18.2 Å². The van der Waals surface area contributed by atoms with E-state index in [-0.39, 0.29) is 11.9 Å². The molecule has 0 radical (unpaired) electrons. The monoisotopic (exact) mass is 255 g/mol. The van der Waals surface area contributed by atoms with Crippen LogP contribution in [0.5, 0.6) is 0 Å². The number of benzene rings is 1. The average Bonchev–Trinajstić information content (AvgIpc) is 2.22. The lowest BCUT2D eigenvalue weighted by molar-refractivity contribution is -0.121. The molecule has 0 spiro atoms. The molecule has 0 saturated heterocycles. The molecule has 17 heavy (non-hydrogen) atoms. The van der Waals surface area contributed by atoms with Gasteiger partial charge in [-0.2, -0.15) is 0 Å². The molecule has 0 saturated carbocycles. The summed E-state index contributed by atoms with van der Waals surface area (Å²) < 4.78 is 0. The second-order valence-electron chi connectivity index (χ2n) is 4.13. The zero-order chi connectivity index (χ0) is 12.8. The molecule has 0 heterocycles. The van der Waals surface area contributed by atoms with E-state index >= 15 is 0 Å². The van der Waals surface area contributed by atoms with Crippen molar-refractivity contribution >= 4 is 28.9 Å². The van der Waals surface area contributed by atoms with Gasteiger partial charge in [0, 0.05) is 24.0 Å². The first-order valence-corrected chi connectivity index (χ1v) is 5.95. The number of halogens is 1. The molecule has 0 aromatic heterocycles. The Balaban J connectivity index is 2.40. The number of carbonyl (C=O) groups is 1. The van der Waals surface area contributed by atoms with E-state index in [0.717, 1.165) is 5.69 Å². The summed E-state index contributed by atoms with van der Waals surface area (Å²) in [5.74, 6) is 0.0214. The van der Waals surface area contributed by atoms with E-state index in [9.17, 15) is 4.79 Å². The number of carbonyl (C=O) groups excluding carboxylic acids is 1. The third kappa shape index (κ3) is 4.95. The lowest BCUT2D eigenvalue weighted by Crippen LogP contribution is -2.31. The van der Waals surface area contributed by atoms with Crippen molar-refractivity contribution in [3.63, 3.8) is 0 Å². The molecule has 5 heteroatoms. The zero-order valence-electron chi connectivity index (χ0n) is 10.1. The van der Waals surface area contributed by atoms with Gasteiger partial charge in [0.05, 0.1) is 11.4 Å². The van der Waals surface area contributed by atoms with Crippen molar-refractivity contribution in [3.8, 4) is 0 Å². The van der Waals surface area contributed by atoms with Crippen molar-refractivity contribution in [1.82, 2.24) is 5.32 Å². The Bertz CT molecular complexity index is 393. The highest BCUT2D eigenvalue weighted by atomic mass is 35.5. The Labute approximate surface area is 107 Å². The summed E-state index contributed by atoms with van der Waals surface area (Å²) in [6, 6.07) is 5.38. The van der Waals surface area contributed by atoms with Gasteiger partial charge in [0.15, 0.2) is 0 Å². The van der Waals surface area contributed by atoms with Crippen LogP contribution in [0, 0.1) is 0 Å². The Morgan fingerprint density at radius 2 is 2.18 bits per heavy atom. The largest absolute Gasteiger partial charge is 0.397 e. The number of rotatable bonds is 5. The van der Waals surface area contributed by atoms with E-state index in [1.807, 2.05) is 13.8 Å². The minimum atomic E-state index is 0.0214. The molecule has 0 aliphatic rings. The number of hydrogen-bond acceptors (Lipinski definition) is 3. The van der Waals surface area contributed by atoms with Gasteiger partial charge in [-0.3, -0.25) is 4.79 Å².